The number of aromatic nitrogens is 3. The second kappa shape index (κ2) is 5.91. The van der Waals surface area contributed by atoms with Crippen molar-refractivity contribution in [1.82, 2.24) is 15.0 Å². The highest BCUT2D eigenvalue weighted by Gasteiger charge is 2.08. The van der Waals surface area contributed by atoms with Crippen molar-refractivity contribution in [2.24, 2.45) is 0 Å². The third-order valence-electron chi connectivity index (χ3n) is 3.23. The molecule has 0 fully saturated rings. The van der Waals surface area contributed by atoms with Gasteiger partial charge in [0.2, 0.25) is 0 Å². The zero-order chi connectivity index (χ0) is 14.8. The van der Waals surface area contributed by atoms with Gasteiger partial charge in [-0.3, -0.25) is 0 Å². The highest BCUT2D eigenvalue weighted by atomic mass is 79.9. The van der Waals surface area contributed by atoms with Crippen molar-refractivity contribution >= 4 is 38.9 Å². The molecule has 3 aromatic rings. The zero-order valence-electron chi connectivity index (χ0n) is 11.6. The van der Waals surface area contributed by atoms with Gasteiger partial charge < -0.3 is 5.32 Å². The van der Waals surface area contributed by atoms with Crippen LogP contribution in [0.25, 0.3) is 10.7 Å². The van der Waals surface area contributed by atoms with Crippen LogP contribution in [0.1, 0.15) is 11.1 Å². The molecule has 0 aliphatic heterocycles. The maximum absolute atomic E-state index is 4.59. The summed E-state index contributed by atoms with van der Waals surface area (Å²) >= 11 is 5.07. The Bertz CT molecular complexity index is 771. The van der Waals surface area contributed by atoms with Crippen LogP contribution in [0.4, 0.5) is 11.6 Å². The number of rotatable bonds is 3. The Morgan fingerprint density at radius 1 is 1.14 bits per heavy atom. The van der Waals surface area contributed by atoms with Gasteiger partial charge in [-0.25, -0.2) is 15.0 Å². The molecule has 0 aliphatic carbocycles. The maximum atomic E-state index is 4.59. The Hall–Kier alpha value is -1.79. The first-order valence-corrected chi connectivity index (χ1v) is 8.08. The Morgan fingerprint density at radius 3 is 2.76 bits per heavy atom. The summed E-state index contributed by atoms with van der Waals surface area (Å²) in [5.41, 5.74) is 3.14. The number of hydrogen-bond donors (Lipinski definition) is 1. The molecule has 4 nitrogen and oxygen atoms in total. The number of halogens is 1. The van der Waals surface area contributed by atoms with Crippen molar-refractivity contribution in [3.05, 3.63) is 51.6 Å². The molecule has 0 saturated heterocycles. The van der Waals surface area contributed by atoms with E-state index in [2.05, 4.69) is 43.1 Å². The SMILES string of the molecule is Cc1c(Br)cnc(Nc2cccc(-c3nccs3)n2)c1C. The topological polar surface area (TPSA) is 50.7 Å². The van der Waals surface area contributed by atoms with Gasteiger partial charge in [0, 0.05) is 22.2 Å². The first-order chi connectivity index (χ1) is 10.1. The molecule has 0 aromatic carbocycles. The molecule has 0 spiro atoms. The standard InChI is InChI=1S/C15H13BrN4S/c1-9-10(2)14(18-8-11(9)16)20-13-5-3-4-12(19-13)15-17-6-7-21-15/h3-8H,1-2H3,(H,18,19,20). The van der Waals surface area contributed by atoms with Crippen molar-refractivity contribution in [2.45, 2.75) is 13.8 Å². The van der Waals surface area contributed by atoms with Gasteiger partial charge in [-0.15, -0.1) is 11.3 Å². The quantitative estimate of drug-likeness (QED) is 0.733. The third-order valence-corrected chi connectivity index (χ3v) is 4.83. The molecule has 3 aromatic heterocycles. The normalized spacial score (nSPS) is 10.6. The zero-order valence-corrected chi connectivity index (χ0v) is 14.0. The minimum absolute atomic E-state index is 0.764. The summed E-state index contributed by atoms with van der Waals surface area (Å²) in [4.78, 5) is 13.3. The Balaban J connectivity index is 1.92. The van der Waals surface area contributed by atoms with Crippen LogP contribution in [0.15, 0.2) is 40.4 Å². The molecule has 6 heteroatoms. The van der Waals surface area contributed by atoms with Crippen molar-refractivity contribution in [3.8, 4) is 10.7 Å². The van der Waals surface area contributed by atoms with E-state index in [0.717, 1.165) is 32.4 Å². The molecule has 106 valence electrons. The first kappa shape index (κ1) is 14.2. The molecular weight excluding hydrogens is 348 g/mol. The van der Waals surface area contributed by atoms with Gasteiger partial charge in [0.1, 0.15) is 22.3 Å². The maximum Gasteiger partial charge on any atom is 0.141 e. The predicted octanol–water partition coefficient (Wildman–Crippen LogP) is 4.72. The molecular formula is C15H13BrN4S. The monoisotopic (exact) mass is 360 g/mol. The lowest BCUT2D eigenvalue weighted by molar-refractivity contribution is 1.17. The van der Waals surface area contributed by atoms with E-state index in [9.17, 15) is 0 Å². The molecule has 3 rings (SSSR count). The van der Waals surface area contributed by atoms with Crippen molar-refractivity contribution in [1.29, 1.82) is 0 Å². The summed E-state index contributed by atoms with van der Waals surface area (Å²) in [7, 11) is 0. The molecule has 3 heterocycles. The van der Waals surface area contributed by atoms with E-state index >= 15 is 0 Å². The summed E-state index contributed by atoms with van der Waals surface area (Å²) in [5.74, 6) is 1.58. The average molecular weight is 361 g/mol. The summed E-state index contributed by atoms with van der Waals surface area (Å²) < 4.78 is 1.01. The van der Waals surface area contributed by atoms with Gasteiger partial charge in [0.25, 0.3) is 0 Å². The van der Waals surface area contributed by atoms with Crippen molar-refractivity contribution in [2.75, 3.05) is 5.32 Å². The lowest BCUT2D eigenvalue weighted by atomic mass is 10.1. The van der Waals surface area contributed by atoms with Crippen LogP contribution < -0.4 is 5.32 Å². The van der Waals surface area contributed by atoms with Crippen LogP contribution in [-0.2, 0) is 0 Å². The van der Waals surface area contributed by atoms with E-state index < -0.39 is 0 Å². The lowest BCUT2D eigenvalue weighted by Crippen LogP contribution is -2.00. The van der Waals surface area contributed by atoms with Crippen LogP contribution in [-0.4, -0.2) is 15.0 Å². The number of pyridine rings is 2. The fourth-order valence-corrected chi connectivity index (χ4v) is 2.90. The van der Waals surface area contributed by atoms with E-state index in [4.69, 9.17) is 0 Å². The van der Waals surface area contributed by atoms with E-state index in [0.29, 0.717) is 0 Å². The fourth-order valence-electron chi connectivity index (χ4n) is 1.89. The first-order valence-electron chi connectivity index (χ1n) is 6.41. The molecule has 21 heavy (non-hydrogen) atoms. The Morgan fingerprint density at radius 2 is 2.00 bits per heavy atom. The van der Waals surface area contributed by atoms with Crippen molar-refractivity contribution < 1.29 is 0 Å². The summed E-state index contributed by atoms with van der Waals surface area (Å²) in [6.45, 7) is 4.10. The van der Waals surface area contributed by atoms with Gasteiger partial charge in [-0.2, -0.15) is 0 Å². The van der Waals surface area contributed by atoms with Gasteiger partial charge in [-0.05, 0) is 53.0 Å². The third kappa shape index (κ3) is 2.96. The van der Waals surface area contributed by atoms with Gasteiger partial charge in [0.05, 0.1) is 0 Å². The van der Waals surface area contributed by atoms with Gasteiger partial charge >= 0.3 is 0 Å². The van der Waals surface area contributed by atoms with Crippen LogP contribution in [0, 0.1) is 13.8 Å². The van der Waals surface area contributed by atoms with E-state index in [1.165, 1.54) is 5.56 Å². The number of thiazole rings is 1. The minimum Gasteiger partial charge on any atom is -0.325 e. The molecule has 0 radical (unpaired) electrons. The molecule has 0 atom stereocenters. The largest absolute Gasteiger partial charge is 0.325 e. The van der Waals surface area contributed by atoms with Crippen LogP contribution in [0.3, 0.4) is 0 Å². The average Bonchev–Trinajstić information content (AvgIpc) is 3.03. The van der Waals surface area contributed by atoms with Crippen LogP contribution in [0.5, 0.6) is 0 Å². The lowest BCUT2D eigenvalue weighted by Gasteiger charge is -2.11. The highest BCUT2D eigenvalue weighted by Crippen LogP contribution is 2.26. The molecule has 0 aliphatic rings. The Labute approximate surface area is 135 Å². The van der Waals surface area contributed by atoms with Crippen LogP contribution >= 0.6 is 27.3 Å². The second-order valence-electron chi connectivity index (χ2n) is 4.58. The van der Waals surface area contributed by atoms with Crippen LogP contribution in [0.2, 0.25) is 0 Å². The predicted molar refractivity (Wildman–Crippen MR) is 90.0 cm³/mol. The van der Waals surface area contributed by atoms with Crippen molar-refractivity contribution in [3.63, 3.8) is 0 Å². The van der Waals surface area contributed by atoms with E-state index in [1.54, 1.807) is 23.7 Å². The smallest absolute Gasteiger partial charge is 0.141 e. The van der Waals surface area contributed by atoms with Gasteiger partial charge in [-0.1, -0.05) is 6.07 Å². The highest BCUT2D eigenvalue weighted by molar-refractivity contribution is 9.10. The Kier molecular flexibility index (Phi) is 3.98. The van der Waals surface area contributed by atoms with Gasteiger partial charge in [0.15, 0.2) is 0 Å². The van der Waals surface area contributed by atoms with E-state index in [1.807, 2.05) is 30.5 Å². The number of anilines is 2. The number of nitrogens with zero attached hydrogens (tertiary/aromatic N) is 3. The summed E-state index contributed by atoms with van der Waals surface area (Å²) in [6, 6.07) is 5.85. The number of nitrogens with one attached hydrogen (secondary N) is 1. The molecule has 0 saturated carbocycles. The second-order valence-corrected chi connectivity index (χ2v) is 6.32. The molecule has 0 amide bonds. The minimum atomic E-state index is 0.764. The summed E-state index contributed by atoms with van der Waals surface area (Å²) in [6.07, 6.45) is 3.58. The summed E-state index contributed by atoms with van der Waals surface area (Å²) in [5, 5.41) is 6.13. The molecule has 0 bridgehead atoms. The number of hydrogen-bond acceptors (Lipinski definition) is 5. The molecule has 0 unspecified atom stereocenters. The fraction of sp³-hybridized carbons (Fsp3) is 0.133. The van der Waals surface area contributed by atoms with E-state index in [-0.39, 0.29) is 0 Å². The molecule has 1 N–H and O–H groups in total.